The molecule has 0 aliphatic heterocycles. The Labute approximate surface area is 203 Å². The van der Waals surface area contributed by atoms with Crippen LogP contribution in [-0.2, 0) is 24.4 Å². The maximum Gasteiger partial charge on any atom is 0.240 e. The van der Waals surface area contributed by atoms with Crippen molar-refractivity contribution in [2.24, 2.45) is 0 Å². The van der Waals surface area contributed by atoms with Crippen molar-refractivity contribution in [1.29, 1.82) is 0 Å². The number of rotatable bonds is 10. The third-order valence-corrected chi connectivity index (χ3v) is 5.63. The Bertz CT molecular complexity index is 1270. The van der Waals surface area contributed by atoms with Crippen LogP contribution in [0.3, 0.4) is 0 Å². The Balaban J connectivity index is 1.27. The SMILES string of the molecule is COc1ccc(-c2n[nH]c(=S)n2CC(=O)NCCc2ccc(OCc3ccccc3)cc2)cc1. The molecule has 0 aliphatic rings. The summed E-state index contributed by atoms with van der Waals surface area (Å²) in [7, 11) is 1.61. The molecule has 8 heteroatoms. The molecule has 0 aliphatic carbocycles. The van der Waals surface area contributed by atoms with Crippen LogP contribution in [0.1, 0.15) is 11.1 Å². The Hall–Kier alpha value is -3.91. The van der Waals surface area contributed by atoms with Crippen LogP contribution in [0.2, 0.25) is 0 Å². The van der Waals surface area contributed by atoms with Crippen molar-refractivity contribution < 1.29 is 14.3 Å². The van der Waals surface area contributed by atoms with Gasteiger partial charge in [0.15, 0.2) is 10.6 Å². The first kappa shape index (κ1) is 23.3. The zero-order valence-corrected chi connectivity index (χ0v) is 19.7. The number of benzene rings is 3. The Morgan fingerprint density at radius 3 is 2.38 bits per heavy atom. The number of hydrogen-bond donors (Lipinski definition) is 2. The van der Waals surface area contributed by atoms with Crippen molar-refractivity contribution in [2.45, 2.75) is 19.6 Å². The second-order valence-electron chi connectivity index (χ2n) is 7.69. The van der Waals surface area contributed by atoms with E-state index in [1.807, 2.05) is 78.9 Å². The zero-order chi connectivity index (χ0) is 23.8. The number of nitrogens with zero attached hydrogens (tertiary/aromatic N) is 2. The van der Waals surface area contributed by atoms with Crippen molar-refractivity contribution >= 4 is 18.1 Å². The lowest BCUT2D eigenvalue weighted by Gasteiger charge is -2.10. The molecular weight excluding hydrogens is 448 g/mol. The smallest absolute Gasteiger partial charge is 0.240 e. The summed E-state index contributed by atoms with van der Waals surface area (Å²) in [6.45, 7) is 1.14. The third kappa shape index (κ3) is 6.11. The number of ether oxygens (including phenoxy) is 2. The lowest BCUT2D eigenvalue weighted by molar-refractivity contribution is -0.121. The van der Waals surface area contributed by atoms with E-state index in [-0.39, 0.29) is 12.5 Å². The van der Waals surface area contributed by atoms with Crippen molar-refractivity contribution in [3.8, 4) is 22.9 Å². The van der Waals surface area contributed by atoms with Crippen LogP contribution in [0.5, 0.6) is 11.5 Å². The van der Waals surface area contributed by atoms with E-state index >= 15 is 0 Å². The number of carbonyl (C=O) groups excluding carboxylic acids is 1. The average molecular weight is 475 g/mol. The highest BCUT2D eigenvalue weighted by Gasteiger charge is 2.12. The molecule has 0 unspecified atom stereocenters. The lowest BCUT2D eigenvalue weighted by Crippen LogP contribution is -2.29. The van der Waals surface area contributed by atoms with E-state index in [0.29, 0.717) is 30.2 Å². The van der Waals surface area contributed by atoms with Crippen LogP contribution in [0.4, 0.5) is 0 Å². The summed E-state index contributed by atoms with van der Waals surface area (Å²) in [5.41, 5.74) is 3.09. The van der Waals surface area contributed by atoms with Crippen molar-refractivity contribution in [1.82, 2.24) is 20.1 Å². The molecule has 0 saturated carbocycles. The first-order chi connectivity index (χ1) is 16.6. The predicted octanol–water partition coefficient (Wildman–Crippen LogP) is 4.55. The van der Waals surface area contributed by atoms with Gasteiger partial charge in [-0.2, -0.15) is 5.10 Å². The van der Waals surface area contributed by atoms with Gasteiger partial charge in [-0.1, -0.05) is 42.5 Å². The van der Waals surface area contributed by atoms with Gasteiger partial charge in [-0.25, -0.2) is 0 Å². The maximum atomic E-state index is 12.6. The molecule has 4 rings (SSSR count). The molecular formula is C26H26N4O3S. The summed E-state index contributed by atoms with van der Waals surface area (Å²) >= 11 is 5.32. The maximum absolute atomic E-state index is 12.6. The minimum atomic E-state index is -0.130. The van der Waals surface area contributed by atoms with Gasteiger partial charge in [-0.3, -0.25) is 14.5 Å². The highest BCUT2D eigenvalue weighted by atomic mass is 32.1. The predicted molar refractivity (Wildman–Crippen MR) is 133 cm³/mol. The number of aromatic amines is 1. The number of amides is 1. The van der Waals surface area contributed by atoms with Crippen LogP contribution in [0.15, 0.2) is 78.9 Å². The van der Waals surface area contributed by atoms with Gasteiger partial charge in [0.1, 0.15) is 24.7 Å². The molecule has 1 heterocycles. The minimum Gasteiger partial charge on any atom is -0.497 e. The van der Waals surface area contributed by atoms with Crippen LogP contribution >= 0.6 is 12.2 Å². The van der Waals surface area contributed by atoms with Crippen molar-refractivity contribution in [3.05, 3.63) is 94.8 Å². The lowest BCUT2D eigenvalue weighted by atomic mass is 10.1. The van der Waals surface area contributed by atoms with Gasteiger partial charge < -0.3 is 14.8 Å². The van der Waals surface area contributed by atoms with Crippen LogP contribution in [0.25, 0.3) is 11.4 Å². The summed E-state index contributed by atoms with van der Waals surface area (Å²) in [5, 5.41) is 10.0. The molecule has 2 N–H and O–H groups in total. The van der Waals surface area contributed by atoms with Crippen molar-refractivity contribution in [3.63, 3.8) is 0 Å². The van der Waals surface area contributed by atoms with E-state index in [1.165, 1.54) is 0 Å². The summed E-state index contributed by atoms with van der Waals surface area (Å²) in [6, 6.07) is 25.4. The first-order valence-corrected chi connectivity index (χ1v) is 11.3. The quantitative estimate of drug-likeness (QED) is 0.330. The molecule has 1 amide bonds. The zero-order valence-electron chi connectivity index (χ0n) is 18.9. The molecule has 174 valence electrons. The Morgan fingerprint density at radius 1 is 0.971 bits per heavy atom. The van der Waals surface area contributed by atoms with Gasteiger partial charge in [0, 0.05) is 12.1 Å². The summed E-state index contributed by atoms with van der Waals surface area (Å²) in [4.78, 5) is 12.6. The standard InChI is InChI=1S/C26H26N4O3S/c1-32-22-13-9-21(10-14-22)25-28-29-26(34)30(25)17-24(31)27-16-15-19-7-11-23(12-8-19)33-18-20-5-3-2-4-6-20/h2-14H,15-18H2,1H3,(H,27,31)(H,29,34). The van der Waals surface area contributed by atoms with E-state index in [0.717, 1.165) is 28.2 Å². The molecule has 0 radical (unpaired) electrons. The van der Waals surface area contributed by atoms with Gasteiger partial charge >= 0.3 is 0 Å². The van der Waals surface area contributed by atoms with Gasteiger partial charge in [0.2, 0.25) is 5.91 Å². The number of carbonyl (C=O) groups is 1. The first-order valence-electron chi connectivity index (χ1n) is 10.9. The van der Waals surface area contributed by atoms with Crippen molar-refractivity contribution in [2.75, 3.05) is 13.7 Å². The van der Waals surface area contributed by atoms with E-state index < -0.39 is 0 Å². The highest BCUT2D eigenvalue weighted by molar-refractivity contribution is 7.71. The van der Waals surface area contributed by atoms with Crippen LogP contribution in [0, 0.1) is 4.77 Å². The molecule has 0 fully saturated rings. The number of nitrogens with one attached hydrogen (secondary N) is 2. The molecule has 3 aromatic carbocycles. The minimum absolute atomic E-state index is 0.0863. The Kier molecular flexibility index (Phi) is 7.72. The van der Waals surface area contributed by atoms with Gasteiger partial charge in [-0.15, -0.1) is 0 Å². The van der Waals surface area contributed by atoms with Gasteiger partial charge in [-0.05, 0) is 66.2 Å². The third-order valence-electron chi connectivity index (χ3n) is 5.32. The molecule has 0 saturated heterocycles. The van der Waals surface area contributed by atoms with Crippen LogP contribution < -0.4 is 14.8 Å². The summed E-state index contributed by atoms with van der Waals surface area (Å²) < 4.78 is 13.1. The number of H-pyrrole nitrogens is 1. The normalized spacial score (nSPS) is 10.6. The fraction of sp³-hybridized carbons (Fsp3) is 0.192. The largest absolute Gasteiger partial charge is 0.497 e. The molecule has 7 nitrogen and oxygen atoms in total. The molecule has 1 aromatic heterocycles. The summed E-state index contributed by atoms with van der Waals surface area (Å²) in [6.07, 6.45) is 0.715. The number of aromatic nitrogens is 3. The Morgan fingerprint density at radius 2 is 1.68 bits per heavy atom. The fourth-order valence-corrected chi connectivity index (χ4v) is 3.66. The van der Waals surface area contributed by atoms with Gasteiger partial charge in [0.05, 0.1) is 7.11 Å². The van der Waals surface area contributed by atoms with Crippen LogP contribution in [-0.4, -0.2) is 34.3 Å². The number of methoxy groups -OCH3 is 1. The highest BCUT2D eigenvalue weighted by Crippen LogP contribution is 2.21. The van der Waals surface area contributed by atoms with E-state index in [4.69, 9.17) is 21.7 Å². The topological polar surface area (TPSA) is 81.2 Å². The number of hydrogen-bond acceptors (Lipinski definition) is 5. The monoisotopic (exact) mass is 474 g/mol. The van der Waals surface area contributed by atoms with E-state index in [1.54, 1.807) is 11.7 Å². The average Bonchev–Trinajstić information content (AvgIpc) is 3.24. The summed E-state index contributed by atoms with van der Waals surface area (Å²) in [5.74, 6) is 2.04. The van der Waals surface area contributed by atoms with E-state index in [9.17, 15) is 4.79 Å². The molecule has 0 bridgehead atoms. The molecule has 0 spiro atoms. The van der Waals surface area contributed by atoms with Gasteiger partial charge in [0.25, 0.3) is 0 Å². The molecule has 4 aromatic rings. The molecule has 0 atom stereocenters. The molecule has 34 heavy (non-hydrogen) atoms. The van der Waals surface area contributed by atoms with E-state index in [2.05, 4.69) is 15.5 Å². The second kappa shape index (κ2) is 11.3. The second-order valence-corrected chi connectivity index (χ2v) is 8.07. The fourth-order valence-electron chi connectivity index (χ4n) is 3.46.